The second kappa shape index (κ2) is 15.7. The van der Waals surface area contributed by atoms with E-state index in [1.807, 2.05) is 45.2 Å². The van der Waals surface area contributed by atoms with E-state index in [1.165, 1.54) is 7.11 Å². The van der Waals surface area contributed by atoms with Crippen molar-refractivity contribution in [1.29, 1.82) is 0 Å². The van der Waals surface area contributed by atoms with Crippen molar-refractivity contribution in [3.8, 4) is 11.5 Å². The van der Waals surface area contributed by atoms with Gasteiger partial charge in [0.05, 0.1) is 13.5 Å². The summed E-state index contributed by atoms with van der Waals surface area (Å²) in [5.74, 6) is 1.10. The highest BCUT2D eigenvalue weighted by Gasteiger charge is 2.24. The fourth-order valence-corrected chi connectivity index (χ4v) is 5.30. The maximum atomic E-state index is 13.3. The molecular weight excluding hydrogens is 584 g/mol. The van der Waals surface area contributed by atoms with Crippen molar-refractivity contribution in [2.75, 3.05) is 47.4 Å². The number of benzene rings is 2. The Morgan fingerprint density at radius 3 is 2.30 bits per heavy atom. The number of likely N-dealkylation sites (N-methyl/N-ethyl adjacent to an activating group) is 1. The Morgan fingerprint density at radius 1 is 0.913 bits per heavy atom. The molecule has 10 nitrogen and oxygen atoms in total. The molecule has 1 saturated heterocycles. The van der Waals surface area contributed by atoms with Gasteiger partial charge < -0.3 is 28.9 Å². The summed E-state index contributed by atoms with van der Waals surface area (Å²) in [7, 11) is 4.94. The van der Waals surface area contributed by atoms with Crippen LogP contribution in [0.1, 0.15) is 66.7 Å². The van der Waals surface area contributed by atoms with Crippen molar-refractivity contribution in [3.05, 3.63) is 89.2 Å². The number of aromatic nitrogens is 1. The van der Waals surface area contributed by atoms with Gasteiger partial charge in [0.25, 0.3) is 5.91 Å². The lowest BCUT2D eigenvalue weighted by Gasteiger charge is -2.33. The molecule has 0 aliphatic carbocycles. The molecule has 2 aromatic carbocycles. The van der Waals surface area contributed by atoms with Gasteiger partial charge in [-0.25, -0.2) is 4.79 Å². The molecule has 10 heteroatoms. The molecule has 3 aromatic rings. The molecule has 0 saturated carbocycles. The number of nitrogens with zero attached hydrogens (tertiary/aromatic N) is 4. The summed E-state index contributed by atoms with van der Waals surface area (Å²) >= 11 is 0. The average Bonchev–Trinajstić information content (AvgIpc) is 3.03. The van der Waals surface area contributed by atoms with E-state index in [2.05, 4.69) is 16.0 Å². The fraction of sp³-hybridized carbons (Fsp3) is 0.444. The number of carbonyl (C=O) groups is 3. The molecular formula is C36H46N4O6. The lowest BCUT2D eigenvalue weighted by molar-refractivity contribution is -0.139. The van der Waals surface area contributed by atoms with Gasteiger partial charge in [-0.3, -0.25) is 14.6 Å². The number of hydrogen-bond donors (Lipinski definition) is 0. The monoisotopic (exact) mass is 630 g/mol. The minimum Gasteiger partial charge on any atom is -0.469 e. The number of carbonyl (C=O) groups excluding carboxylic acids is 3. The van der Waals surface area contributed by atoms with Gasteiger partial charge >= 0.3 is 12.1 Å². The van der Waals surface area contributed by atoms with Crippen LogP contribution in [-0.2, 0) is 27.2 Å². The van der Waals surface area contributed by atoms with Crippen LogP contribution in [0.25, 0.3) is 0 Å². The summed E-state index contributed by atoms with van der Waals surface area (Å²) in [6.45, 7) is 9.37. The van der Waals surface area contributed by atoms with Crippen molar-refractivity contribution < 1.29 is 28.6 Å². The van der Waals surface area contributed by atoms with E-state index in [9.17, 15) is 14.4 Å². The van der Waals surface area contributed by atoms with Crippen LogP contribution < -0.4 is 4.74 Å². The predicted octanol–water partition coefficient (Wildman–Crippen LogP) is 5.91. The van der Waals surface area contributed by atoms with Gasteiger partial charge in [-0.2, -0.15) is 0 Å². The first kappa shape index (κ1) is 34.4. The van der Waals surface area contributed by atoms with Crippen molar-refractivity contribution in [1.82, 2.24) is 19.7 Å². The Bertz CT molecular complexity index is 1480. The summed E-state index contributed by atoms with van der Waals surface area (Å²) in [5.41, 5.74) is 2.94. The van der Waals surface area contributed by atoms with Crippen molar-refractivity contribution in [2.45, 2.75) is 58.1 Å². The van der Waals surface area contributed by atoms with Crippen LogP contribution in [0, 0.1) is 0 Å². The van der Waals surface area contributed by atoms with E-state index < -0.39 is 5.60 Å². The number of methoxy groups -OCH3 is 1. The third-order valence-electron chi connectivity index (χ3n) is 7.89. The second-order valence-electron chi connectivity index (χ2n) is 12.8. The average molecular weight is 631 g/mol. The van der Waals surface area contributed by atoms with Crippen LogP contribution >= 0.6 is 0 Å². The molecule has 0 bridgehead atoms. The Morgan fingerprint density at radius 2 is 1.63 bits per heavy atom. The van der Waals surface area contributed by atoms with Gasteiger partial charge in [0.2, 0.25) is 0 Å². The van der Waals surface area contributed by atoms with Gasteiger partial charge in [-0.15, -0.1) is 0 Å². The number of esters is 1. The zero-order valence-electron chi connectivity index (χ0n) is 27.8. The van der Waals surface area contributed by atoms with Gasteiger partial charge in [-0.1, -0.05) is 18.2 Å². The number of pyridine rings is 1. The zero-order valence-corrected chi connectivity index (χ0v) is 27.8. The molecule has 2 heterocycles. The summed E-state index contributed by atoms with van der Waals surface area (Å²) in [6.07, 6.45) is 3.70. The molecule has 0 unspecified atom stereocenters. The second-order valence-corrected chi connectivity index (χ2v) is 12.8. The molecule has 0 spiro atoms. The largest absolute Gasteiger partial charge is 0.469 e. The van der Waals surface area contributed by atoms with E-state index >= 15 is 0 Å². The molecule has 1 aliphatic rings. The standard InChI is InChI=1S/C36H46N4O6/c1-36(2,3)46-35(43)38(4)20-21-40-18-15-28(16-19-40)32-22-27(14-17-37-32)25-39(5)34(42)29-8-7-9-31(24-29)45-30-12-10-26(11-13-30)23-33(41)44-6/h7-14,17,22,24,28H,15-16,18-21,23,25H2,1-6H3. The van der Waals surface area contributed by atoms with E-state index in [0.29, 0.717) is 36.1 Å². The van der Waals surface area contributed by atoms with Gasteiger partial charge in [0.1, 0.15) is 17.1 Å². The normalized spacial score (nSPS) is 14.0. The SMILES string of the molecule is COC(=O)Cc1ccc(Oc2cccc(C(=O)N(C)Cc3ccnc(C4CCN(CCN(C)C(=O)OC(C)(C)C)CC4)c3)c2)cc1. The molecule has 1 aliphatic heterocycles. The summed E-state index contributed by atoms with van der Waals surface area (Å²) in [4.78, 5) is 47.5. The Kier molecular flexibility index (Phi) is 11.8. The molecule has 246 valence electrons. The molecule has 0 atom stereocenters. The summed E-state index contributed by atoms with van der Waals surface area (Å²) < 4.78 is 16.1. The lowest BCUT2D eigenvalue weighted by Crippen LogP contribution is -2.41. The van der Waals surface area contributed by atoms with Crippen LogP contribution in [0.3, 0.4) is 0 Å². The van der Waals surface area contributed by atoms with Gasteiger partial charge in [0.15, 0.2) is 0 Å². The van der Waals surface area contributed by atoms with Gasteiger partial charge in [-0.05, 0) is 100 Å². The van der Waals surface area contributed by atoms with E-state index in [1.54, 1.807) is 60.3 Å². The van der Waals surface area contributed by atoms with E-state index in [-0.39, 0.29) is 24.4 Å². The maximum Gasteiger partial charge on any atom is 0.410 e. The molecule has 4 rings (SSSR count). The molecule has 46 heavy (non-hydrogen) atoms. The molecule has 1 fully saturated rings. The summed E-state index contributed by atoms with van der Waals surface area (Å²) in [6, 6.07) is 18.4. The first-order valence-electron chi connectivity index (χ1n) is 15.7. The topological polar surface area (TPSA) is 102 Å². The first-order valence-corrected chi connectivity index (χ1v) is 15.7. The highest BCUT2D eigenvalue weighted by atomic mass is 16.6. The number of piperidine rings is 1. The maximum absolute atomic E-state index is 13.3. The number of amides is 2. The number of rotatable bonds is 11. The molecule has 1 aromatic heterocycles. The van der Waals surface area contributed by atoms with Crippen LogP contribution in [0.4, 0.5) is 4.79 Å². The molecule has 2 amide bonds. The van der Waals surface area contributed by atoms with E-state index in [0.717, 1.165) is 49.3 Å². The van der Waals surface area contributed by atoms with Crippen LogP contribution in [0.2, 0.25) is 0 Å². The Labute approximate surface area is 272 Å². The smallest absolute Gasteiger partial charge is 0.410 e. The number of ether oxygens (including phenoxy) is 3. The third kappa shape index (κ3) is 10.3. The fourth-order valence-electron chi connectivity index (χ4n) is 5.30. The van der Waals surface area contributed by atoms with Crippen molar-refractivity contribution in [2.24, 2.45) is 0 Å². The zero-order chi connectivity index (χ0) is 33.3. The van der Waals surface area contributed by atoms with Crippen molar-refractivity contribution >= 4 is 18.0 Å². The third-order valence-corrected chi connectivity index (χ3v) is 7.89. The highest BCUT2D eigenvalue weighted by Crippen LogP contribution is 2.28. The quantitative estimate of drug-likeness (QED) is 0.241. The minimum atomic E-state index is -0.503. The number of hydrogen-bond acceptors (Lipinski definition) is 8. The van der Waals surface area contributed by atoms with Crippen molar-refractivity contribution in [3.63, 3.8) is 0 Å². The van der Waals surface area contributed by atoms with Crippen LogP contribution in [0.15, 0.2) is 66.9 Å². The molecule has 0 radical (unpaired) electrons. The van der Waals surface area contributed by atoms with Crippen LogP contribution in [0.5, 0.6) is 11.5 Å². The van der Waals surface area contributed by atoms with Crippen LogP contribution in [-0.4, -0.2) is 90.6 Å². The molecule has 0 N–H and O–H groups in total. The number of likely N-dealkylation sites (tertiary alicyclic amines) is 1. The van der Waals surface area contributed by atoms with E-state index in [4.69, 9.17) is 14.2 Å². The summed E-state index contributed by atoms with van der Waals surface area (Å²) in [5, 5.41) is 0. The Balaban J connectivity index is 1.27. The minimum absolute atomic E-state index is 0.109. The predicted molar refractivity (Wildman–Crippen MR) is 176 cm³/mol. The lowest BCUT2D eigenvalue weighted by atomic mass is 9.92. The first-order chi connectivity index (χ1) is 21.9. The highest BCUT2D eigenvalue weighted by molar-refractivity contribution is 5.94. The Hall–Kier alpha value is -4.44. The van der Waals surface area contributed by atoms with Gasteiger partial charge in [0, 0.05) is 57.1 Å².